The number of methoxy groups -OCH3 is 1. The number of nitrogens with zero attached hydrogens (tertiary/aromatic N) is 3. The van der Waals surface area contributed by atoms with Crippen molar-refractivity contribution < 1.29 is 17.6 Å². The Morgan fingerprint density at radius 1 is 1.05 bits per heavy atom. The van der Waals surface area contributed by atoms with Crippen LogP contribution in [-0.4, -0.2) is 56.7 Å². The van der Waals surface area contributed by atoms with Crippen molar-refractivity contribution in [3.8, 4) is 11.8 Å². The van der Waals surface area contributed by atoms with Gasteiger partial charge in [-0.1, -0.05) is 30.3 Å². The van der Waals surface area contributed by atoms with Gasteiger partial charge in [0.05, 0.1) is 48.8 Å². The second kappa shape index (κ2) is 9.91. The van der Waals surface area contributed by atoms with E-state index in [-0.39, 0.29) is 6.04 Å². The molecule has 2 aliphatic heterocycles. The highest BCUT2D eigenvalue weighted by molar-refractivity contribution is 7.89. The third kappa shape index (κ3) is 4.65. The first-order valence-electron chi connectivity index (χ1n) is 13.5. The van der Waals surface area contributed by atoms with Crippen LogP contribution < -0.4 is 9.46 Å². The van der Waals surface area contributed by atoms with Gasteiger partial charge >= 0.3 is 0 Å². The summed E-state index contributed by atoms with van der Waals surface area (Å²) in [6.07, 6.45) is 6.24. The average Bonchev–Trinajstić information content (AvgIpc) is 3.10. The van der Waals surface area contributed by atoms with E-state index in [1.54, 1.807) is 25.4 Å². The molecule has 0 amide bonds. The van der Waals surface area contributed by atoms with Gasteiger partial charge in [0, 0.05) is 49.7 Å². The number of nitriles is 1. The van der Waals surface area contributed by atoms with Crippen molar-refractivity contribution in [3.63, 3.8) is 0 Å². The quantitative estimate of drug-likeness (QED) is 0.335. The zero-order chi connectivity index (χ0) is 27.2. The molecule has 0 saturated carbocycles. The fraction of sp³-hybridized carbons (Fsp3) is 0.355. The van der Waals surface area contributed by atoms with Gasteiger partial charge in [0.25, 0.3) is 0 Å². The lowest BCUT2D eigenvalue weighted by Gasteiger charge is -2.47. The highest BCUT2D eigenvalue weighted by atomic mass is 32.2. The molecular formula is C31H33N4O3S+. The van der Waals surface area contributed by atoms with Gasteiger partial charge in [-0.25, -0.2) is 13.1 Å². The van der Waals surface area contributed by atoms with Gasteiger partial charge in [-0.2, -0.15) is 5.26 Å². The Morgan fingerprint density at radius 2 is 1.79 bits per heavy atom. The maximum absolute atomic E-state index is 13.3. The van der Waals surface area contributed by atoms with Gasteiger partial charge in [0.1, 0.15) is 11.8 Å². The van der Waals surface area contributed by atoms with Crippen LogP contribution in [0.25, 0.3) is 21.7 Å². The smallest absolute Gasteiger partial charge is 0.240 e. The molecule has 39 heavy (non-hydrogen) atoms. The number of fused-ring (bicyclic) bond motifs is 4. The second-order valence-electron chi connectivity index (χ2n) is 11.1. The summed E-state index contributed by atoms with van der Waals surface area (Å²) < 4.78 is 36.1. The number of nitrogens with one attached hydrogen (secondary N) is 1. The minimum Gasteiger partial charge on any atom is -0.497 e. The Kier molecular flexibility index (Phi) is 6.54. The van der Waals surface area contributed by atoms with Crippen molar-refractivity contribution in [2.24, 2.45) is 0 Å². The SMILES string of the molecule is COc1ccc2ncc(C#N)c(CC[N+]3(C)C4CCC3CC(NS(=O)(=O)c3ccc5ccccc5c3)C4)c2c1. The number of aromatic nitrogens is 1. The summed E-state index contributed by atoms with van der Waals surface area (Å²) in [7, 11) is 0.341. The van der Waals surface area contributed by atoms with Gasteiger partial charge in [0.2, 0.25) is 10.0 Å². The van der Waals surface area contributed by atoms with E-state index in [1.165, 1.54) is 0 Å². The highest BCUT2D eigenvalue weighted by Gasteiger charge is 2.51. The number of benzene rings is 3. The van der Waals surface area contributed by atoms with Crippen LogP contribution in [0.3, 0.4) is 0 Å². The largest absolute Gasteiger partial charge is 0.497 e. The zero-order valence-corrected chi connectivity index (χ0v) is 23.1. The molecule has 1 N–H and O–H groups in total. The number of likely N-dealkylation sites (N-methyl/N-ethyl adjacent to an activating group) is 1. The first-order valence-corrected chi connectivity index (χ1v) is 15.0. The zero-order valence-electron chi connectivity index (χ0n) is 22.3. The standard InChI is InChI=1S/C31H33N4O3S/c1-35(14-13-29-23(19-32)20-33-31-12-10-27(38-2)18-30(29)31)25-8-9-26(35)17-24(16-25)34-39(36,37)28-11-7-21-5-3-4-6-22(21)15-28/h3-7,10-12,15,18,20,24-26,34H,8-9,13-14,16-17H2,1-2H3/q+1. The lowest BCUT2D eigenvalue weighted by molar-refractivity contribution is -0.948. The minimum absolute atomic E-state index is 0.0779. The predicted molar refractivity (Wildman–Crippen MR) is 152 cm³/mol. The molecule has 8 heteroatoms. The predicted octanol–water partition coefficient (Wildman–Crippen LogP) is 4.93. The summed E-state index contributed by atoms with van der Waals surface area (Å²) in [4.78, 5) is 4.80. The molecule has 3 heterocycles. The molecule has 7 nitrogen and oxygen atoms in total. The monoisotopic (exact) mass is 541 g/mol. The van der Waals surface area contributed by atoms with Crippen LogP contribution in [0, 0.1) is 11.3 Å². The van der Waals surface area contributed by atoms with Gasteiger partial charge < -0.3 is 9.22 Å². The fourth-order valence-corrected chi connectivity index (χ4v) is 8.20. The van der Waals surface area contributed by atoms with E-state index >= 15 is 0 Å². The number of hydrogen-bond acceptors (Lipinski definition) is 5. The molecule has 200 valence electrons. The van der Waals surface area contributed by atoms with Crippen LogP contribution in [-0.2, 0) is 16.4 Å². The Hall–Kier alpha value is -3.51. The fourth-order valence-electron chi connectivity index (χ4n) is 6.90. The van der Waals surface area contributed by atoms with Crippen LogP contribution in [0.15, 0.2) is 71.8 Å². The lowest BCUT2D eigenvalue weighted by atomic mass is 9.93. The number of ether oxygens (including phenoxy) is 1. The van der Waals surface area contributed by atoms with Crippen LogP contribution in [0.2, 0.25) is 0 Å². The summed E-state index contributed by atoms with van der Waals surface area (Å²) in [6.45, 7) is 0.893. The molecule has 2 aliphatic rings. The van der Waals surface area contributed by atoms with Crippen LogP contribution in [0.5, 0.6) is 5.75 Å². The summed E-state index contributed by atoms with van der Waals surface area (Å²) in [5, 5.41) is 12.7. The number of hydrogen-bond donors (Lipinski definition) is 1. The molecule has 6 rings (SSSR count). The molecule has 1 aromatic heterocycles. The third-order valence-electron chi connectivity index (χ3n) is 9.12. The van der Waals surface area contributed by atoms with Crippen molar-refractivity contribution in [1.82, 2.24) is 9.71 Å². The van der Waals surface area contributed by atoms with E-state index in [4.69, 9.17) is 4.74 Å². The molecule has 2 unspecified atom stereocenters. The van der Waals surface area contributed by atoms with Crippen LogP contribution >= 0.6 is 0 Å². The Labute approximate surface area is 229 Å². The third-order valence-corrected chi connectivity index (χ3v) is 10.6. The molecule has 2 saturated heterocycles. The molecule has 2 fully saturated rings. The maximum atomic E-state index is 13.3. The average molecular weight is 542 g/mol. The first kappa shape index (κ1) is 25.8. The van der Waals surface area contributed by atoms with Crippen LogP contribution in [0.1, 0.15) is 36.8 Å². The van der Waals surface area contributed by atoms with Gasteiger partial charge in [0.15, 0.2) is 0 Å². The maximum Gasteiger partial charge on any atom is 0.240 e. The molecule has 2 bridgehead atoms. The Balaban J connectivity index is 1.20. The van der Waals surface area contributed by atoms with E-state index in [0.29, 0.717) is 22.5 Å². The van der Waals surface area contributed by atoms with Crippen molar-refractivity contribution in [1.29, 1.82) is 5.26 Å². The lowest BCUT2D eigenvalue weighted by Crippen LogP contribution is -2.61. The molecular weight excluding hydrogens is 508 g/mol. The van der Waals surface area contributed by atoms with E-state index < -0.39 is 10.0 Å². The second-order valence-corrected chi connectivity index (χ2v) is 12.9. The van der Waals surface area contributed by atoms with Gasteiger partial charge in [-0.3, -0.25) is 4.98 Å². The first-order chi connectivity index (χ1) is 18.8. The number of sulfonamides is 1. The van der Waals surface area contributed by atoms with Crippen LogP contribution in [0.4, 0.5) is 0 Å². The number of piperidine rings is 1. The Bertz CT molecular complexity index is 1700. The number of quaternary nitrogens is 1. The Morgan fingerprint density at radius 3 is 2.51 bits per heavy atom. The minimum atomic E-state index is -3.61. The van der Waals surface area contributed by atoms with Crippen molar-refractivity contribution in [3.05, 3.63) is 78.0 Å². The van der Waals surface area contributed by atoms with Gasteiger partial charge in [-0.15, -0.1) is 0 Å². The van der Waals surface area contributed by atoms with E-state index in [2.05, 4.69) is 22.8 Å². The van der Waals surface area contributed by atoms with Crippen molar-refractivity contribution in [2.45, 2.75) is 55.1 Å². The molecule has 4 aromatic rings. The van der Waals surface area contributed by atoms with E-state index in [1.807, 2.05) is 48.5 Å². The topological polar surface area (TPSA) is 92.1 Å². The summed E-state index contributed by atoms with van der Waals surface area (Å²) in [5.74, 6) is 0.751. The molecule has 3 aromatic carbocycles. The van der Waals surface area contributed by atoms with Crippen molar-refractivity contribution >= 4 is 31.7 Å². The van der Waals surface area contributed by atoms with Gasteiger partial charge in [-0.05, 0) is 46.7 Å². The number of rotatable bonds is 7. The van der Waals surface area contributed by atoms with E-state index in [9.17, 15) is 13.7 Å². The summed E-state index contributed by atoms with van der Waals surface area (Å²) in [5.41, 5.74) is 2.48. The number of pyridine rings is 1. The molecule has 0 spiro atoms. The highest BCUT2D eigenvalue weighted by Crippen LogP contribution is 2.42. The molecule has 2 atom stereocenters. The molecule has 0 aliphatic carbocycles. The summed E-state index contributed by atoms with van der Waals surface area (Å²) >= 11 is 0. The van der Waals surface area contributed by atoms with E-state index in [0.717, 1.165) is 76.1 Å². The normalized spacial score (nSPS) is 24.6. The summed E-state index contributed by atoms with van der Waals surface area (Å²) in [6, 6.07) is 22.0. The van der Waals surface area contributed by atoms with Crippen molar-refractivity contribution in [2.75, 3.05) is 20.7 Å². The molecule has 0 radical (unpaired) electrons.